The third-order valence-electron chi connectivity index (χ3n) is 6.11. The number of methoxy groups -OCH3 is 1. The summed E-state index contributed by atoms with van der Waals surface area (Å²) >= 11 is 5.76. The van der Waals surface area contributed by atoms with E-state index in [1.165, 1.54) is 0 Å². The molecule has 35 heavy (non-hydrogen) atoms. The summed E-state index contributed by atoms with van der Waals surface area (Å²) in [5.41, 5.74) is 3.63. The molecule has 4 aromatic rings. The van der Waals surface area contributed by atoms with E-state index in [9.17, 15) is 9.90 Å². The third kappa shape index (κ3) is 4.24. The number of nitrogens with zero attached hydrogens (tertiary/aromatic N) is 2. The zero-order chi connectivity index (χ0) is 24.5. The van der Waals surface area contributed by atoms with Crippen LogP contribution in [0.1, 0.15) is 39.5 Å². The summed E-state index contributed by atoms with van der Waals surface area (Å²) in [6.45, 7) is 1.87. The smallest absolute Gasteiger partial charge is 0.335 e. The number of ether oxygens (including phenoxy) is 1. The molecule has 2 aromatic carbocycles. The van der Waals surface area contributed by atoms with Crippen molar-refractivity contribution >= 4 is 29.0 Å². The number of hydrogen-bond acceptors (Lipinski definition) is 5. The van der Waals surface area contributed by atoms with Crippen LogP contribution in [0, 0.1) is 6.92 Å². The number of carboxylic acids is 1. The first kappa shape index (κ1) is 22.6. The van der Waals surface area contributed by atoms with Gasteiger partial charge in [-0.25, -0.2) is 4.79 Å². The second kappa shape index (κ2) is 9.23. The van der Waals surface area contributed by atoms with E-state index in [1.54, 1.807) is 31.5 Å². The fourth-order valence-electron chi connectivity index (χ4n) is 4.39. The molecule has 0 spiro atoms. The number of rotatable bonds is 6. The highest BCUT2D eigenvalue weighted by atomic mass is 32.1. The Morgan fingerprint density at radius 2 is 1.91 bits per heavy atom. The van der Waals surface area contributed by atoms with Crippen molar-refractivity contribution < 1.29 is 19.1 Å². The predicted molar refractivity (Wildman–Crippen MR) is 137 cm³/mol. The van der Waals surface area contributed by atoms with Crippen molar-refractivity contribution in [3.63, 3.8) is 0 Å². The van der Waals surface area contributed by atoms with Gasteiger partial charge < -0.3 is 24.5 Å². The van der Waals surface area contributed by atoms with E-state index in [0.717, 1.165) is 28.3 Å². The molecule has 1 aliphatic rings. The summed E-state index contributed by atoms with van der Waals surface area (Å²) in [7, 11) is 1.63. The molecule has 2 atom stereocenters. The van der Waals surface area contributed by atoms with Crippen molar-refractivity contribution in [1.82, 2.24) is 10.3 Å². The average Bonchev–Trinajstić information content (AvgIpc) is 3.49. The molecule has 8 heteroatoms. The third-order valence-corrected chi connectivity index (χ3v) is 6.42. The van der Waals surface area contributed by atoms with Gasteiger partial charge in [0.15, 0.2) is 5.11 Å². The van der Waals surface area contributed by atoms with Crippen molar-refractivity contribution in [2.24, 2.45) is 0 Å². The quantitative estimate of drug-likeness (QED) is 0.345. The first-order valence-corrected chi connectivity index (χ1v) is 11.5. The topological polar surface area (TPSA) is 87.8 Å². The fourth-order valence-corrected chi connectivity index (χ4v) is 4.74. The summed E-state index contributed by atoms with van der Waals surface area (Å²) in [6.07, 6.45) is 1.76. The molecule has 0 saturated carbocycles. The number of carboxylic acid groups (broad SMARTS) is 1. The molecule has 0 bridgehead atoms. The van der Waals surface area contributed by atoms with Crippen LogP contribution in [0.25, 0.3) is 11.3 Å². The van der Waals surface area contributed by atoms with Gasteiger partial charge in [-0.15, -0.1) is 0 Å². The van der Waals surface area contributed by atoms with Crippen molar-refractivity contribution in [1.29, 1.82) is 0 Å². The first-order chi connectivity index (χ1) is 17.0. The molecule has 2 N–H and O–H groups in total. The number of thiocarbonyl (C=S) groups is 1. The minimum absolute atomic E-state index is 0.236. The molecule has 1 fully saturated rings. The summed E-state index contributed by atoms with van der Waals surface area (Å²) in [5.74, 6) is 1.16. The molecule has 2 unspecified atom stereocenters. The number of carbonyl (C=O) groups is 1. The lowest BCUT2D eigenvalue weighted by atomic mass is 10.0. The zero-order valence-corrected chi connectivity index (χ0v) is 20.0. The number of nitrogens with one attached hydrogen (secondary N) is 1. The number of furan rings is 1. The Labute approximate surface area is 208 Å². The molecule has 1 saturated heterocycles. The van der Waals surface area contributed by atoms with E-state index in [1.807, 2.05) is 66.4 Å². The van der Waals surface area contributed by atoms with E-state index < -0.39 is 5.97 Å². The van der Waals surface area contributed by atoms with Crippen LogP contribution in [0.3, 0.4) is 0 Å². The molecule has 176 valence electrons. The Bertz CT molecular complexity index is 1390. The maximum absolute atomic E-state index is 11.3. The van der Waals surface area contributed by atoms with Crippen LogP contribution >= 0.6 is 12.2 Å². The number of aromatic carboxylic acids is 1. The molecule has 7 nitrogen and oxygen atoms in total. The Balaban J connectivity index is 1.57. The number of aryl methyl sites for hydroxylation is 1. The molecule has 2 aromatic heterocycles. The zero-order valence-electron chi connectivity index (χ0n) is 19.1. The second-order valence-corrected chi connectivity index (χ2v) is 8.62. The van der Waals surface area contributed by atoms with Gasteiger partial charge in [0, 0.05) is 17.4 Å². The lowest BCUT2D eigenvalue weighted by Gasteiger charge is -2.26. The second-order valence-electron chi connectivity index (χ2n) is 8.23. The summed E-state index contributed by atoms with van der Waals surface area (Å²) in [4.78, 5) is 17.9. The van der Waals surface area contributed by atoms with E-state index in [2.05, 4.69) is 10.3 Å². The lowest BCUT2D eigenvalue weighted by molar-refractivity contribution is 0.0696. The number of aromatic nitrogens is 1. The maximum Gasteiger partial charge on any atom is 0.335 e. The van der Waals surface area contributed by atoms with Crippen LogP contribution in [0.4, 0.5) is 5.69 Å². The highest BCUT2D eigenvalue weighted by Gasteiger charge is 2.42. The van der Waals surface area contributed by atoms with Gasteiger partial charge in [-0.2, -0.15) is 0 Å². The molecule has 5 rings (SSSR count). The van der Waals surface area contributed by atoms with Gasteiger partial charge in [0.05, 0.1) is 24.4 Å². The molecule has 0 amide bonds. The SMILES string of the molecule is COc1ccc(N2C(=S)NC(c3ccccn3)C2c2ccc(-c3ccc(C(=O)O)cc3C)o2)cc1. The average molecular weight is 486 g/mol. The summed E-state index contributed by atoms with van der Waals surface area (Å²) in [5, 5.41) is 13.3. The largest absolute Gasteiger partial charge is 0.497 e. The van der Waals surface area contributed by atoms with Crippen molar-refractivity contribution in [2.75, 3.05) is 12.0 Å². The lowest BCUT2D eigenvalue weighted by Crippen LogP contribution is -2.29. The highest BCUT2D eigenvalue weighted by Crippen LogP contribution is 2.43. The Hall–Kier alpha value is -4.17. The van der Waals surface area contributed by atoms with Gasteiger partial charge in [0.25, 0.3) is 0 Å². The summed E-state index contributed by atoms with van der Waals surface area (Å²) in [6, 6.07) is 21.8. The summed E-state index contributed by atoms with van der Waals surface area (Å²) < 4.78 is 11.7. The van der Waals surface area contributed by atoms with E-state index in [0.29, 0.717) is 16.6 Å². The van der Waals surface area contributed by atoms with Gasteiger partial charge in [-0.05, 0) is 85.4 Å². The minimum Gasteiger partial charge on any atom is -0.497 e. The maximum atomic E-state index is 11.3. The van der Waals surface area contributed by atoms with Crippen LogP contribution in [0.15, 0.2) is 83.4 Å². The van der Waals surface area contributed by atoms with Crippen LogP contribution in [-0.2, 0) is 0 Å². The van der Waals surface area contributed by atoms with E-state index in [4.69, 9.17) is 21.4 Å². The van der Waals surface area contributed by atoms with E-state index in [-0.39, 0.29) is 17.6 Å². The Kier molecular flexibility index (Phi) is 5.96. The highest BCUT2D eigenvalue weighted by molar-refractivity contribution is 7.80. The fraction of sp³-hybridized carbons (Fsp3) is 0.148. The van der Waals surface area contributed by atoms with Crippen molar-refractivity contribution in [3.05, 3.63) is 102 Å². The van der Waals surface area contributed by atoms with Crippen LogP contribution < -0.4 is 15.0 Å². The van der Waals surface area contributed by atoms with Gasteiger partial charge >= 0.3 is 5.97 Å². The van der Waals surface area contributed by atoms with E-state index >= 15 is 0 Å². The number of pyridine rings is 1. The van der Waals surface area contributed by atoms with Crippen molar-refractivity contribution in [2.45, 2.75) is 19.0 Å². The number of hydrogen-bond donors (Lipinski definition) is 2. The normalized spacial score (nSPS) is 17.3. The predicted octanol–water partition coefficient (Wildman–Crippen LogP) is 5.53. The Morgan fingerprint density at radius 1 is 1.11 bits per heavy atom. The molecule has 3 heterocycles. The Morgan fingerprint density at radius 3 is 2.57 bits per heavy atom. The molecule has 0 radical (unpaired) electrons. The van der Waals surface area contributed by atoms with Gasteiger partial charge in [0.2, 0.25) is 0 Å². The van der Waals surface area contributed by atoms with Crippen LogP contribution in [0.5, 0.6) is 5.75 Å². The van der Waals surface area contributed by atoms with Crippen molar-refractivity contribution in [3.8, 4) is 17.1 Å². The minimum atomic E-state index is -0.960. The number of anilines is 1. The van der Waals surface area contributed by atoms with Crippen LogP contribution in [0.2, 0.25) is 0 Å². The van der Waals surface area contributed by atoms with Gasteiger partial charge in [-0.3, -0.25) is 4.98 Å². The standard InChI is InChI=1S/C27H23N3O4S/c1-16-15-17(26(31)32)6-11-20(16)22-12-13-23(34-22)25-24(21-5-3-4-14-28-21)29-27(35)30(25)18-7-9-19(33-2)10-8-18/h3-15,24-25H,1-2H3,(H,29,35)(H,31,32). The van der Waals surface area contributed by atoms with Crippen LogP contribution in [-0.4, -0.2) is 28.3 Å². The molecule has 1 aliphatic heterocycles. The monoisotopic (exact) mass is 485 g/mol. The van der Waals surface area contributed by atoms with Gasteiger partial charge in [-0.1, -0.05) is 12.1 Å². The molecular formula is C27H23N3O4S. The molecular weight excluding hydrogens is 462 g/mol. The molecule has 0 aliphatic carbocycles. The first-order valence-electron chi connectivity index (χ1n) is 11.0. The van der Waals surface area contributed by atoms with Gasteiger partial charge in [0.1, 0.15) is 23.3 Å². The number of benzene rings is 2.